The average molecular weight is 311 g/mol. The Morgan fingerprint density at radius 3 is 2.76 bits per heavy atom. The first-order valence-electron chi connectivity index (χ1n) is 5.96. The largest absolute Gasteiger partial charge is 0.459 e. The summed E-state index contributed by atoms with van der Waals surface area (Å²) in [6, 6.07) is 7.12. The molecule has 0 bridgehead atoms. The highest BCUT2D eigenvalue weighted by atomic mass is 32.2. The standard InChI is InChI=1S/C13H11F2N3O2S/c14-11(15)7-20-12(19)8-21-13-17-6-4-10(18-13)9-3-1-2-5-16-9/h1-6,11H,7-8H2. The van der Waals surface area contributed by atoms with Crippen LogP contribution < -0.4 is 0 Å². The molecule has 21 heavy (non-hydrogen) atoms. The van der Waals surface area contributed by atoms with E-state index < -0.39 is 19.0 Å². The number of aromatic nitrogens is 3. The smallest absolute Gasteiger partial charge is 0.316 e. The van der Waals surface area contributed by atoms with Gasteiger partial charge in [-0.05, 0) is 18.2 Å². The lowest BCUT2D eigenvalue weighted by Gasteiger charge is -2.04. The molecule has 8 heteroatoms. The molecule has 2 heterocycles. The van der Waals surface area contributed by atoms with Crippen LogP contribution in [0.4, 0.5) is 8.78 Å². The Hall–Kier alpha value is -2.09. The van der Waals surface area contributed by atoms with Crippen LogP contribution in [0.25, 0.3) is 11.4 Å². The number of pyridine rings is 1. The monoisotopic (exact) mass is 311 g/mol. The summed E-state index contributed by atoms with van der Waals surface area (Å²) in [6.07, 6.45) is 0.526. The summed E-state index contributed by atoms with van der Waals surface area (Å²) < 4.78 is 28.1. The van der Waals surface area contributed by atoms with Gasteiger partial charge in [-0.15, -0.1) is 0 Å². The molecule has 0 atom stereocenters. The number of carbonyl (C=O) groups is 1. The van der Waals surface area contributed by atoms with Crippen LogP contribution in [0.2, 0.25) is 0 Å². The quantitative estimate of drug-likeness (QED) is 0.464. The van der Waals surface area contributed by atoms with Crippen LogP contribution in [0.5, 0.6) is 0 Å². The molecule has 0 saturated heterocycles. The molecule has 0 amide bonds. The van der Waals surface area contributed by atoms with Crippen molar-refractivity contribution in [3.63, 3.8) is 0 Å². The highest BCUT2D eigenvalue weighted by molar-refractivity contribution is 7.99. The molecule has 2 rings (SSSR count). The van der Waals surface area contributed by atoms with Crippen LogP contribution in [0.3, 0.4) is 0 Å². The van der Waals surface area contributed by atoms with E-state index in [0.717, 1.165) is 11.8 Å². The van der Waals surface area contributed by atoms with Crippen molar-refractivity contribution in [1.29, 1.82) is 0 Å². The lowest BCUT2D eigenvalue weighted by molar-refractivity contribution is -0.144. The molecule has 0 fully saturated rings. The number of ether oxygens (including phenoxy) is 1. The third-order valence-electron chi connectivity index (χ3n) is 2.25. The molecular weight excluding hydrogens is 300 g/mol. The molecule has 0 N–H and O–H groups in total. The Bertz CT molecular complexity index is 599. The van der Waals surface area contributed by atoms with E-state index in [-0.39, 0.29) is 5.75 Å². The Morgan fingerprint density at radius 1 is 1.19 bits per heavy atom. The third-order valence-corrected chi connectivity index (χ3v) is 3.09. The molecule has 0 radical (unpaired) electrons. The molecule has 0 unspecified atom stereocenters. The lowest BCUT2D eigenvalue weighted by atomic mass is 10.3. The Labute approximate surface area is 123 Å². The molecule has 5 nitrogen and oxygen atoms in total. The van der Waals surface area contributed by atoms with Gasteiger partial charge in [-0.2, -0.15) is 0 Å². The number of halogens is 2. The molecular formula is C13H11F2N3O2S. The van der Waals surface area contributed by atoms with E-state index in [4.69, 9.17) is 0 Å². The van der Waals surface area contributed by atoms with Gasteiger partial charge in [-0.3, -0.25) is 9.78 Å². The van der Waals surface area contributed by atoms with Gasteiger partial charge in [0.2, 0.25) is 0 Å². The van der Waals surface area contributed by atoms with Crippen molar-refractivity contribution in [3.05, 3.63) is 36.7 Å². The van der Waals surface area contributed by atoms with Gasteiger partial charge in [-0.1, -0.05) is 17.8 Å². The second kappa shape index (κ2) is 7.63. The Balaban J connectivity index is 1.94. The van der Waals surface area contributed by atoms with Crippen molar-refractivity contribution < 1.29 is 18.3 Å². The third kappa shape index (κ3) is 5.07. The van der Waals surface area contributed by atoms with Crippen LogP contribution in [0, 0.1) is 0 Å². The maximum absolute atomic E-state index is 11.9. The second-order valence-electron chi connectivity index (χ2n) is 3.80. The molecule has 110 valence electrons. The highest BCUT2D eigenvalue weighted by Gasteiger charge is 2.10. The topological polar surface area (TPSA) is 65.0 Å². The van der Waals surface area contributed by atoms with E-state index in [1.54, 1.807) is 30.6 Å². The van der Waals surface area contributed by atoms with Gasteiger partial charge in [0.15, 0.2) is 11.8 Å². The zero-order valence-corrected chi connectivity index (χ0v) is 11.6. The minimum atomic E-state index is -2.66. The van der Waals surface area contributed by atoms with Crippen molar-refractivity contribution in [2.24, 2.45) is 0 Å². The summed E-state index contributed by atoms with van der Waals surface area (Å²) in [5, 5.41) is 0.354. The van der Waals surface area contributed by atoms with Crippen LogP contribution in [-0.2, 0) is 9.53 Å². The van der Waals surface area contributed by atoms with Crippen molar-refractivity contribution in [3.8, 4) is 11.4 Å². The van der Waals surface area contributed by atoms with Crippen molar-refractivity contribution in [2.75, 3.05) is 12.4 Å². The van der Waals surface area contributed by atoms with Gasteiger partial charge >= 0.3 is 5.97 Å². The molecule has 0 saturated carbocycles. The number of rotatable bonds is 6. The first-order valence-corrected chi connectivity index (χ1v) is 6.95. The number of hydrogen-bond acceptors (Lipinski definition) is 6. The summed E-state index contributed by atoms with van der Waals surface area (Å²) in [6.45, 7) is -0.895. The zero-order chi connectivity index (χ0) is 15.1. The fraction of sp³-hybridized carbons (Fsp3) is 0.231. The first-order chi connectivity index (χ1) is 10.1. The van der Waals surface area contributed by atoms with Crippen molar-refractivity contribution in [2.45, 2.75) is 11.6 Å². The normalized spacial score (nSPS) is 10.6. The molecule has 2 aromatic rings. The van der Waals surface area contributed by atoms with Crippen LogP contribution in [0.1, 0.15) is 0 Å². The van der Waals surface area contributed by atoms with E-state index in [2.05, 4.69) is 19.7 Å². The minimum Gasteiger partial charge on any atom is -0.459 e. The second-order valence-corrected chi connectivity index (χ2v) is 4.74. The van der Waals surface area contributed by atoms with E-state index in [1.807, 2.05) is 6.07 Å². The van der Waals surface area contributed by atoms with Crippen molar-refractivity contribution in [1.82, 2.24) is 15.0 Å². The van der Waals surface area contributed by atoms with E-state index in [9.17, 15) is 13.6 Å². The fourth-order valence-corrected chi connectivity index (χ4v) is 2.02. The lowest BCUT2D eigenvalue weighted by Crippen LogP contribution is -2.13. The molecule has 0 spiro atoms. The maximum atomic E-state index is 11.9. The van der Waals surface area contributed by atoms with Gasteiger partial charge in [0.05, 0.1) is 17.1 Å². The van der Waals surface area contributed by atoms with E-state index in [1.165, 1.54) is 0 Å². The summed E-state index contributed by atoms with van der Waals surface area (Å²) in [5.74, 6) is -0.856. The predicted octanol–water partition coefficient (Wildman–Crippen LogP) is 2.44. The molecule has 0 aliphatic rings. The highest BCUT2D eigenvalue weighted by Crippen LogP contribution is 2.18. The Morgan fingerprint density at radius 2 is 2.05 bits per heavy atom. The van der Waals surface area contributed by atoms with Gasteiger partial charge in [-0.25, -0.2) is 18.7 Å². The van der Waals surface area contributed by atoms with Crippen LogP contribution in [-0.4, -0.2) is 39.7 Å². The fourth-order valence-electron chi connectivity index (χ4n) is 1.39. The zero-order valence-electron chi connectivity index (χ0n) is 10.8. The molecule has 2 aromatic heterocycles. The van der Waals surface area contributed by atoms with Gasteiger partial charge in [0, 0.05) is 12.4 Å². The van der Waals surface area contributed by atoms with Crippen LogP contribution >= 0.6 is 11.8 Å². The number of alkyl halides is 2. The summed E-state index contributed by atoms with van der Waals surface area (Å²) >= 11 is 1.02. The maximum Gasteiger partial charge on any atom is 0.316 e. The van der Waals surface area contributed by atoms with Crippen LogP contribution in [0.15, 0.2) is 41.8 Å². The van der Waals surface area contributed by atoms with Gasteiger partial charge in [0.1, 0.15) is 0 Å². The van der Waals surface area contributed by atoms with Gasteiger partial charge < -0.3 is 4.74 Å². The first kappa shape index (κ1) is 15.3. The Kier molecular flexibility index (Phi) is 5.56. The molecule has 0 aliphatic heterocycles. The van der Waals surface area contributed by atoms with E-state index in [0.29, 0.717) is 16.5 Å². The number of nitrogens with zero attached hydrogens (tertiary/aromatic N) is 3. The predicted molar refractivity (Wildman–Crippen MR) is 73.0 cm³/mol. The van der Waals surface area contributed by atoms with E-state index >= 15 is 0 Å². The number of esters is 1. The number of hydrogen-bond donors (Lipinski definition) is 0. The number of carbonyl (C=O) groups excluding carboxylic acids is 1. The summed E-state index contributed by atoms with van der Waals surface area (Å²) in [7, 11) is 0. The van der Waals surface area contributed by atoms with Gasteiger partial charge in [0.25, 0.3) is 6.43 Å². The van der Waals surface area contributed by atoms with Crippen molar-refractivity contribution >= 4 is 17.7 Å². The summed E-state index contributed by atoms with van der Waals surface area (Å²) in [4.78, 5) is 23.6. The number of thioether (sulfide) groups is 1. The summed E-state index contributed by atoms with van der Waals surface area (Å²) in [5.41, 5.74) is 1.30. The molecule has 0 aromatic carbocycles. The molecule has 0 aliphatic carbocycles. The minimum absolute atomic E-state index is 0.127. The SMILES string of the molecule is O=C(CSc1nccc(-c2ccccn2)n1)OCC(F)F. The average Bonchev–Trinajstić information content (AvgIpc) is 2.52.